The molecule has 5 heteroatoms. The van der Waals surface area contributed by atoms with E-state index in [0.717, 1.165) is 9.79 Å². The van der Waals surface area contributed by atoms with Crippen LogP contribution < -0.4 is 0 Å². The van der Waals surface area contributed by atoms with Crippen LogP contribution in [0.25, 0.3) is 10.8 Å². The summed E-state index contributed by atoms with van der Waals surface area (Å²) in [7, 11) is 0. The Morgan fingerprint density at radius 1 is 0.893 bits per heavy atom. The Hall–Kier alpha value is -2.92. The summed E-state index contributed by atoms with van der Waals surface area (Å²) in [6, 6.07) is 21.7. The molecule has 0 bridgehead atoms. The Morgan fingerprint density at radius 2 is 1.57 bits per heavy atom. The van der Waals surface area contributed by atoms with Gasteiger partial charge < -0.3 is 5.21 Å². The summed E-state index contributed by atoms with van der Waals surface area (Å²) in [6.45, 7) is 1.77. The number of oxime groups is 1. The van der Waals surface area contributed by atoms with Crippen molar-refractivity contribution < 1.29 is 14.8 Å². The van der Waals surface area contributed by atoms with E-state index in [4.69, 9.17) is 5.21 Å². The van der Waals surface area contributed by atoms with E-state index < -0.39 is 0 Å². The number of carbonyl (C=O) groups excluding carboxylic acids is 2. The van der Waals surface area contributed by atoms with E-state index in [1.165, 1.54) is 10.8 Å². The molecule has 0 aliphatic heterocycles. The topological polar surface area (TPSA) is 66.7 Å². The number of nitrogens with zero attached hydrogens (tertiary/aromatic N) is 1. The number of rotatable bonds is 8. The highest BCUT2D eigenvalue weighted by Crippen LogP contribution is 2.30. The quantitative estimate of drug-likeness (QED) is 0.229. The largest absolute Gasteiger partial charge is 0.411 e. The molecule has 0 radical (unpaired) electrons. The number of fused-ring (bicyclic) bond motifs is 1. The third-order valence-corrected chi connectivity index (χ3v) is 5.49. The van der Waals surface area contributed by atoms with Gasteiger partial charge in [0.1, 0.15) is 11.5 Å². The predicted octanol–water partition coefficient (Wildman–Crippen LogP) is 5.76. The van der Waals surface area contributed by atoms with Crippen molar-refractivity contribution in [1.82, 2.24) is 0 Å². The second-order valence-corrected chi connectivity index (χ2v) is 7.55. The first kappa shape index (κ1) is 19.8. The number of Topliss-reactive ketones (excluding diaryl/α,β-unsaturated/α-hetero) is 2. The molecule has 0 saturated carbocycles. The van der Waals surface area contributed by atoms with Crippen molar-refractivity contribution >= 4 is 39.8 Å². The van der Waals surface area contributed by atoms with Gasteiger partial charge in [0.25, 0.3) is 0 Å². The van der Waals surface area contributed by atoms with Crippen LogP contribution in [0.1, 0.15) is 36.5 Å². The van der Waals surface area contributed by atoms with Crippen LogP contribution >= 0.6 is 11.8 Å². The third-order valence-electron chi connectivity index (χ3n) is 4.49. The molecule has 4 nitrogen and oxygen atoms in total. The predicted molar refractivity (Wildman–Crippen MR) is 113 cm³/mol. The van der Waals surface area contributed by atoms with Crippen molar-refractivity contribution in [1.29, 1.82) is 0 Å². The van der Waals surface area contributed by atoms with Crippen molar-refractivity contribution in [3.05, 3.63) is 72.3 Å². The Bertz CT molecular complexity index is 1030. The van der Waals surface area contributed by atoms with Gasteiger partial charge in [-0.05, 0) is 47.2 Å². The zero-order valence-electron chi connectivity index (χ0n) is 15.6. The summed E-state index contributed by atoms with van der Waals surface area (Å²) in [5.74, 6) is -0.315. The van der Waals surface area contributed by atoms with Crippen LogP contribution in [0.3, 0.4) is 0 Å². The molecule has 0 saturated heterocycles. The molecule has 0 aromatic heterocycles. The molecule has 0 fully saturated rings. The minimum atomic E-state index is -0.353. The lowest BCUT2D eigenvalue weighted by Gasteiger charge is -2.06. The van der Waals surface area contributed by atoms with Gasteiger partial charge in [0.05, 0.1) is 0 Å². The van der Waals surface area contributed by atoms with E-state index >= 15 is 0 Å². The lowest BCUT2D eigenvalue weighted by atomic mass is 10.0. The molecule has 28 heavy (non-hydrogen) atoms. The molecular weight excluding hydrogens is 370 g/mol. The van der Waals surface area contributed by atoms with Gasteiger partial charge in [0, 0.05) is 34.6 Å². The van der Waals surface area contributed by atoms with Crippen LogP contribution in [0.2, 0.25) is 0 Å². The second kappa shape index (κ2) is 9.33. The first-order chi connectivity index (χ1) is 13.6. The van der Waals surface area contributed by atoms with Crippen LogP contribution in [-0.4, -0.2) is 22.5 Å². The van der Waals surface area contributed by atoms with Crippen LogP contribution in [0, 0.1) is 0 Å². The number of ketones is 2. The van der Waals surface area contributed by atoms with Gasteiger partial charge in [-0.15, -0.1) is 0 Å². The Morgan fingerprint density at radius 3 is 2.25 bits per heavy atom. The fourth-order valence-corrected chi connectivity index (χ4v) is 3.72. The first-order valence-corrected chi connectivity index (χ1v) is 9.96. The Balaban J connectivity index is 1.69. The molecule has 3 aromatic carbocycles. The van der Waals surface area contributed by atoms with Crippen LogP contribution in [0.15, 0.2) is 81.7 Å². The summed E-state index contributed by atoms with van der Waals surface area (Å²) in [4.78, 5) is 26.1. The molecule has 0 aliphatic rings. The summed E-state index contributed by atoms with van der Waals surface area (Å²) < 4.78 is 0. The molecule has 142 valence electrons. The van der Waals surface area contributed by atoms with E-state index in [1.807, 2.05) is 24.3 Å². The summed E-state index contributed by atoms with van der Waals surface area (Å²) in [6.07, 6.45) is 0.765. The monoisotopic (exact) mass is 391 g/mol. The van der Waals surface area contributed by atoms with Gasteiger partial charge in [-0.1, -0.05) is 54.2 Å². The van der Waals surface area contributed by atoms with Crippen LogP contribution in [0.4, 0.5) is 0 Å². The molecule has 0 aliphatic carbocycles. The Labute approximate surface area is 168 Å². The average Bonchev–Trinajstić information content (AvgIpc) is 2.74. The first-order valence-electron chi connectivity index (χ1n) is 9.14. The molecule has 0 atom stereocenters. The number of benzene rings is 3. The molecule has 0 unspecified atom stereocenters. The summed E-state index contributed by atoms with van der Waals surface area (Å²) >= 11 is 1.62. The van der Waals surface area contributed by atoms with E-state index in [1.54, 1.807) is 30.8 Å². The molecule has 3 rings (SSSR count). The standard InChI is InChI=1S/C23H21NO3S/c1-2-19(25)10-14-22(24-27)23(26)17-8-11-20(12-9-17)28-21-13-7-16-5-3-4-6-18(16)15-21/h3-9,11-13,15,27H,2,10,14H2,1H3/b24-22+. The van der Waals surface area contributed by atoms with E-state index in [9.17, 15) is 9.59 Å². The van der Waals surface area contributed by atoms with Crippen molar-refractivity contribution in [2.45, 2.75) is 36.0 Å². The SMILES string of the molecule is CCC(=O)CC/C(=N\O)C(=O)c1ccc(Sc2ccc3ccccc3c2)cc1. The normalized spacial score (nSPS) is 11.5. The maximum absolute atomic E-state index is 12.5. The van der Waals surface area contributed by atoms with Gasteiger partial charge in [0.15, 0.2) is 0 Å². The fourth-order valence-electron chi connectivity index (χ4n) is 2.85. The zero-order chi connectivity index (χ0) is 19.9. The summed E-state index contributed by atoms with van der Waals surface area (Å²) in [5.41, 5.74) is 0.455. The molecular formula is C23H21NO3S. The van der Waals surface area contributed by atoms with E-state index in [2.05, 4.69) is 35.5 Å². The highest BCUT2D eigenvalue weighted by Gasteiger charge is 2.16. The molecule has 0 amide bonds. The van der Waals surface area contributed by atoms with Gasteiger partial charge in [0.2, 0.25) is 5.78 Å². The maximum Gasteiger partial charge on any atom is 0.210 e. The summed E-state index contributed by atoms with van der Waals surface area (Å²) in [5, 5.41) is 14.6. The molecule has 1 N–H and O–H groups in total. The molecule has 0 heterocycles. The number of hydrogen-bond acceptors (Lipinski definition) is 5. The lowest BCUT2D eigenvalue weighted by Crippen LogP contribution is -2.16. The Kier molecular flexibility index (Phi) is 6.61. The highest BCUT2D eigenvalue weighted by molar-refractivity contribution is 7.99. The van der Waals surface area contributed by atoms with Crippen LogP contribution in [0.5, 0.6) is 0 Å². The van der Waals surface area contributed by atoms with Crippen LogP contribution in [-0.2, 0) is 4.79 Å². The average molecular weight is 391 g/mol. The van der Waals surface area contributed by atoms with E-state index in [0.29, 0.717) is 12.0 Å². The highest BCUT2D eigenvalue weighted by atomic mass is 32.2. The van der Waals surface area contributed by atoms with Crippen molar-refractivity contribution in [3.8, 4) is 0 Å². The zero-order valence-corrected chi connectivity index (χ0v) is 16.4. The van der Waals surface area contributed by atoms with E-state index in [-0.39, 0.29) is 30.1 Å². The van der Waals surface area contributed by atoms with Gasteiger partial charge >= 0.3 is 0 Å². The third kappa shape index (κ3) is 4.87. The second-order valence-electron chi connectivity index (χ2n) is 6.40. The van der Waals surface area contributed by atoms with Crippen molar-refractivity contribution in [3.63, 3.8) is 0 Å². The molecule has 3 aromatic rings. The van der Waals surface area contributed by atoms with Crippen molar-refractivity contribution in [2.24, 2.45) is 5.16 Å². The van der Waals surface area contributed by atoms with Gasteiger partial charge in [-0.2, -0.15) is 0 Å². The maximum atomic E-state index is 12.5. The minimum Gasteiger partial charge on any atom is -0.411 e. The minimum absolute atomic E-state index is 0.0109. The number of hydrogen-bond donors (Lipinski definition) is 1. The van der Waals surface area contributed by atoms with Crippen molar-refractivity contribution in [2.75, 3.05) is 0 Å². The lowest BCUT2D eigenvalue weighted by molar-refractivity contribution is -0.118. The fraction of sp³-hybridized carbons (Fsp3) is 0.174. The smallest absolute Gasteiger partial charge is 0.210 e. The number of carbonyl (C=O) groups is 2. The molecule has 0 spiro atoms. The van der Waals surface area contributed by atoms with Gasteiger partial charge in [-0.25, -0.2) is 0 Å². The van der Waals surface area contributed by atoms with Gasteiger partial charge in [-0.3, -0.25) is 9.59 Å².